The molecule has 0 aromatic heterocycles. The summed E-state index contributed by atoms with van der Waals surface area (Å²) in [5.41, 5.74) is 4.63. The Morgan fingerprint density at radius 1 is 1.38 bits per heavy atom. The number of rotatable bonds is 4. The minimum atomic E-state index is -4.41. The minimum Gasteiger partial charge on any atom is -0.381 e. The molecular formula is C13H21F3N2O3. The fourth-order valence-electron chi connectivity index (χ4n) is 3.21. The summed E-state index contributed by atoms with van der Waals surface area (Å²) in [5.74, 6) is -3.76. The molecule has 2 atom stereocenters. The van der Waals surface area contributed by atoms with Gasteiger partial charge in [0.2, 0.25) is 5.91 Å². The Bertz CT molecular complexity index is 383. The van der Waals surface area contributed by atoms with Gasteiger partial charge in [-0.3, -0.25) is 9.69 Å². The van der Waals surface area contributed by atoms with Gasteiger partial charge in [0.1, 0.15) is 0 Å². The molecule has 2 fully saturated rings. The molecule has 0 aromatic rings. The smallest absolute Gasteiger partial charge is 0.381 e. The molecule has 0 spiro atoms. The van der Waals surface area contributed by atoms with Gasteiger partial charge in [0, 0.05) is 52.8 Å². The van der Waals surface area contributed by atoms with E-state index in [0.717, 1.165) is 0 Å². The van der Waals surface area contributed by atoms with Gasteiger partial charge in [0.25, 0.3) is 0 Å². The molecule has 2 aliphatic rings. The molecule has 2 heterocycles. The average Bonchev–Trinajstić information content (AvgIpc) is 2.84. The first kappa shape index (κ1) is 16.5. The van der Waals surface area contributed by atoms with Crippen LogP contribution in [0.5, 0.6) is 0 Å². The molecule has 2 aliphatic heterocycles. The van der Waals surface area contributed by atoms with E-state index in [1.54, 1.807) is 12.0 Å². The number of nitrogens with two attached hydrogens (primary N) is 1. The lowest BCUT2D eigenvalue weighted by Gasteiger charge is -2.38. The molecule has 21 heavy (non-hydrogen) atoms. The van der Waals surface area contributed by atoms with Crippen LogP contribution in [0.4, 0.5) is 13.2 Å². The number of nitrogens with zero attached hydrogens (tertiary/aromatic N) is 1. The van der Waals surface area contributed by atoms with Crippen molar-refractivity contribution in [3.8, 4) is 0 Å². The summed E-state index contributed by atoms with van der Waals surface area (Å²) in [6, 6.07) is 0. The summed E-state index contributed by atoms with van der Waals surface area (Å²) >= 11 is 0. The van der Waals surface area contributed by atoms with Crippen molar-refractivity contribution in [2.24, 2.45) is 17.6 Å². The number of likely N-dealkylation sites (tertiary alicyclic amines) is 1. The SMILES string of the molecule is COC1(CN2C[C@@H](C(F)(F)F)[C@H](C(N)=O)C2)CCOCC1. The lowest BCUT2D eigenvalue weighted by atomic mass is 9.93. The van der Waals surface area contributed by atoms with Crippen molar-refractivity contribution in [3.63, 3.8) is 0 Å². The van der Waals surface area contributed by atoms with E-state index in [2.05, 4.69) is 0 Å². The second kappa shape index (κ2) is 6.10. The molecule has 0 unspecified atom stereocenters. The molecule has 122 valence electrons. The maximum atomic E-state index is 13.0. The molecule has 2 saturated heterocycles. The number of carbonyl (C=O) groups excluding carboxylic acids is 1. The molecular weight excluding hydrogens is 289 g/mol. The van der Waals surface area contributed by atoms with Crippen molar-refractivity contribution in [2.45, 2.75) is 24.6 Å². The Morgan fingerprint density at radius 3 is 2.43 bits per heavy atom. The van der Waals surface area contributed by atoms with E-state index >= 15 is 0 Å². The van der Waals surface area contributed by atoms with Crippen molar-refractivity contribution in [1.29, 1.82) is 0 Å². The van der Waals surface area contributed by atoms with Gasteiger partial charge in [-0.1, -0.05) is 0 Å². The van der Waals surface area contributed by atoms with Crippen LogP contribution in [0, 0.1) is 11.8 Å². The zero-order chi connectivity index (χ0) is 15.7. The zero-order valence-corrected chi connectivity index (χ0v) is 12.0. The van der Waals surface area contributed by atoms with Crippen molar-refractivity contribution in [2.75, 3.05) is 40.0 Å². The molecule has 5 nitrogen and oxygen atoms in total. The standard InChI is InChI=1S/C13H21F3N2O3/c1-20-12(2-4-21-5-3-12)8-18-6-9(11(17)19)10(7-18)13(14,15)16/h9-10H,2-8H2,1H3,(H2,17,19)/t9-,10-/m1/s1. The summed E-state index contributed by atoms with van der Waals surface area (Å²) < 4.78 is 49.9. The number of amides is 1. The monoisotopic (exact) mass is 310 g/mol. The first-order valence-corrected chi connectivity index (χ1v) is 6.99. The molecule has 2 rings (SSSR count). The number of hydrogen-bond donors (Lipinski definition) is 1. The largest absolute Gasteiger partial charge is 0.393 e. The quantitative estimate of drug-likeness (QED) is 0.833. The minimum absolute atomic E-state index is 0.0332. The molecule has 0 bridgehead atoms. The number of methoxy groups -OCH3 is 1. The predicted octanol–water partition coefficient (Wildman–Crippen LogP) is 0.778. The van der Waals surface area contributed by atoms with E-state index in [1.807, 2.05) is 0 Å². The highest BCUT2D eigenvalue weighted by atomic mass is 19.4. The van der Waals surface area contributed by atoms with E-state index in [0.29, 0.717) is 32.6 Å². The summed E-state index contributed by atoms with van der Waals surface area (Å²) in [6.07, 6.45) is -3.14. The van der Waals surface area contributed by atoms with Crippen molar-refractivity contribution in [3.05, 3.63) is 0 Å². The van der Waals surface area contributed by atoms with E-state index in [9.17, 15) is 18.0 Å². The second-order valence-corrected chi connectivity index (χ2v) is 5.85. The average molecular weight is 310 g/mol. The number of primary amides is 1. The lowest BCUT2D eigenvalue weighted by molar-refractivity contribution is -0.183. The molecule has 0 radical (unpaired) electrons. The Hall–Kier alpha value is -0.860. The molecule has 0 saturated carbocycles. The van der Waals surface area contributed by atoms with Gasteiger partial charge >= 0.3 is 6.18 Å². The molecule has 2 N–H and O–H groups in total. The van der Waals surface area contributed by atoms with Gasteiger partial charge in [0.05, 0.1) is 17.4 Å². The van der Waals surface area contributed by atoms with Crippen LogP contribution in [0.1, 0.15) is 12.8 Å². The van der Waals surface area contributed by atoms with Gasteiger partial charge in [-0.2, -0.15) is 13.2 Å². The normalized spacial score (nSPS) is 30.5. The van der Waals surface area contributed by atoms with E-state index in [-0.39, 0.29) is 13.1 Å². The third-order valence-electron chi connectivity index (χ3n) is 4.53. The van der Waals surface area contributed by atoms with Crippen molar-refractivity contribution < 1.29 is 27.4 Å². The van der Waals surface area contributed by atoms with Crippen LogP contribution in [0.25, 0.3) is 0 Å². The summed E-state index contributed by atoms with van der Waals surface area (Å²) in [4.78, 5) is 12.9. The van der Waals surface area contributed by atoms with Crippen LogP contribution in [0.3, 0.4) is 0 Å². The predicted molar refractivity (Wildman–Crippen MR) is 68.5 cm³/mol. The van der Waals surface area contributed by atoms with Crippen LogP contribution in [-0.4, -0.2) is 62.5 Å². The van der Waals surface area contributed by atoms with E-state index < -0.39 is 29.5 Å². The summed E-state index contributed by atoms with van der Waals surface area (Å²) in [7, 11) is 1.56. The highest BCUT2D eigenvalue weighted by molar-refractivity contribution is 5.77. The molecule has 0 aromatic carbocycles. The van der Waals surface area contributed by atoms with Gasteiger partial charge in [-0.05, 0) is 0 Å². The highest BCUT2D eigenvalue weighted by Crippen LogP contribution is 2.38. The molecule has 0 aliphatic carbocycles. The van der Waals surface area contributed by atoms with Gasteiger partial charge < -0.3 is 15.2 Å². The molecule has 1 amide bonds. The number of alkyl halides is 3. The zero-order valence-electron chi connectivity index (χ0n) is 12.0. The first-order valence-electron chi connectivity index (χ1n) is 6.99. The Morgan fingerprint density at radius 2 is 2.00 bits per heavy atom. The van der Waals surface area contributed by atoms with E-state index in [1.165, 1.54) is 0 Å². The van der Waals surface area contributed by atoms with Crippen molar-refractivity contribution in [1.82, 2.24) is 4.90 Å². The third-order valence-corrected chi connectivity index (χ3v) is 4.53. The van der Waals surface area contributed by atoms with Crippen LogP contribution in [0.2, 0.25) is 0 Å². The highest BCUT2D eigenvalue weighted by Gasteiger charge is 2.52. The fourth-order valence-corrected chi connectivity index (χ4v) is 3.21. The number of ether oxygens (including phenoxy) is 2. The summed E-state index contributed by atoms with van der Waals surface area (Å²) in [6.45, 7) is 1.25. The van der Waals surface area contributed by atoms with Crippen molar-refractivity contribution >= 4 is 5.91 Å². The number of hydrogen-bond acceptors (Lipinski definition) is 4. The van der Waals surface area contributed by atoms with Crippen LogP contribution < -0.4 is 5.73 Å². The Balaban J connectivity index is 2.06. The number of halogens is 3. The number of carbonyl (C=O) groups is 1. The Kier molecular flexibility index (Phi) is 4.79. The molecule has 8 heteroatoms. The third kappa shape index (κ3) is 3.67. The summed E-state index contributed by atoms with van der Waals surface area (Å²) in [5, 5.41) is 0. The lowest BCUT2D eigenvalue weighted by Crippen LogP contribution is -2.48. The van der Waals surface area contributed by atoms with Crippen LogP contribution in [-0.2, 0) is 14.3 Å². The fraction of sp³-hybridized carbons (Fsp3) is 0.923. The van der Waals surface area contributed by atoms with Crippen LogP contribution >= 0.6 is 0 Å². The van der Waals surface area contributed by atoms with Gasteiger partial charge in [-0.15, -0.1) is 0 Å². The maximum absolute atomic E-state index is 13.0. The van der Waals surface area contributed by atoms with E-state index in [4.69, 9.17) is 15.2 Å². The Labute approximate surface area is 121 Å². The van der Waals surface area contributed by atoms with Crippen LogP contribution in [0.15, 0.2) is 0 Å². The second-order valence-electron chi connectivity index (χ2n) is 5.85. The maximum Gasteiger partial charge on any atom is 0.393 e. The van der Waals surface area contributed by atoms with Gasteiger partial charge in [0.15, 0.2) is 0 Å². The van der Waals surface area contributed by atoms with Gasteiger partial charge in [-0.25, -0.2) is 0 Å². The first-order chi connectivity index (χ1) is 9.77. The topological polar surface area (TPSA) is 64.8 Å².